The molecule has 0 bridgehead atoms. The molecule has 1 aromatic carbocycles. The minimum Gasteiger partial charge on any atom is -0.759 e. The van der Waals surface area contributed by atoms with E-state index >= 15 is 0 Å². The summed E-state index contributed by atoms with van der Waals surface area (Å²) in [7, 11) is 0. The van der Waals surface area contributed by atoms with E-state index in [2.05, 4.69) is 0 Å². The van der Waals surface area contributed by atoms with E-state index in [1.54, 1.807) is 6.08 Å². The van der Waals surface area contributed by atoms with Crippen LogP contribution in [0.15, 0.2) is 36.4 Å². The monoisotopic (exact) mass is 185 g/mol. The molecular formula is C9H8NNaO2. The average molecular weight is 185 g/mol. The van der Waals surface area contributed by atoms with Gasteiger partial charge in [-0.3, -0.25) is 4.79 Å². The maximum Gasteiger partial charge on any atom is 1.00 e. The van der Waals surface area contributed by atoms with Crippen LogP contribution in [0.3, 0.4) is 0 Å². The molecule has 0 spiro atoms. The molecule has 1 aromatic rings. The molecular weight excluding hydrogens is 177 g/mol. The van der Waals surface area contributed by atoms with Crippen LogP contribution >= 0.6 is 0 Å². The second-order valence-corrected chi connectivity index (χ2v) is 2.21. The van der Waals surface area contributed by atoms with Crippen molar-refractivity contribution in [3.8, 4) is 0 Å². The molecule has 4 heteroatoms. The zero-order valence-electron chi connectivity index (χ0n) is 7.36. The first-order chi connectivity index (χ1) is 5.83. The summed E-state index contributed by atoms with van der Waals surface area (Å²) in [5.74, 6) is -0.640. The summed E-state index contributed by atoms with van der Waals surface area (Å²) in [5, 5.41) is 9.80. The number of hydrogen-bond donors (Lipinski definition) is 1. The van der Waals surface area contributed by atoms with Crippen LogP contribution in [-0.4, -0.2) is 5.91 Å². The van der Waals surface area contributed by atoms with Crippen LogP contribution < -0.4 is 35.0 Å². The fraction of sp³-hybridized carbons (Fsp3) is 0. The maximum atomic E-state index is 10.5. The number of hydrogen-bond acceptors (Lipinski definition) is 2. The van der Waals surface area contributed by atoms with Gasteiger partial charge in [0.1, 0.15) is 0 Å². The Hall–Kier alpha value is -0.610. The first-order valence-electron chi connectivity index (χ1n) is 3.48. The molecule has 0 unspecified atom stereocenters. The Kier molecular flexibility index (Phi) is 6.54. The van der Waals surface area contributed by atoms with Crippen molar-refractivity contribution >= 4 is 12.0 Å². The third-order valence-electron chi connectivity index (χ3n) is 1.33. The summed E-state index contributed by atoms with van der Waals surface area (Å²) >= 11 is 0. The minimum absolute atomic E-state index is 0. The molecule has 0 saturated heterocycles. The Bertz CT molecular complexity index is 285. The SMILES string of the molecule is O=C(/C=C/c1ccccc1)N[O-].[Na+]. The van der Waals surface area contributed by atoms with Crippen molar-refractivity contribution in [2.45, 2.75) is 0 Å². The van der Waals surface area contributed by atoms with Crippen LogP contribution in [0.2, 0.25) is 0 Å². The van der Waals surface area contributed by atoms with Gasteiger partial charge in [-0.05, 0) is 11.6 Å². The van der Waals surface area contributed by atoms with Crippen molar-refractivity contribution in [2.75, 3.05) is 0 Å². The van der Waals surface area contributed by atoms with Gasteiger partial charge < -0.3 is 10.7 Å². The van der Waals surface area contributed by atoms with E-state index in [1.807, 2.05) is 30.3 Å². The maximum absolute atomic E-state index is 10.5. The number of amides is 1. The van der Waals surface area contributed by atoms with E-state index in [0.29, 0.717) is 0 Å². The fourth-order valence-corrected chi connectivity index (χ4v) is 0.770. The molecule has 62 valence electrons. The van der Waals surface area contributed by atoms with Crippen LogP contribution in [-0.2, 0) is 4.79 Å². The van der Waals surface area contributed by atoms with E-state index in [-0.39, 0.29) is 29.6 Å². The Morgan fingerprint density at radius 2 is 1.92 bits per heavy atom. The van der Waals surface area contributed by atoms with Crippen molar-refractivity contribution in [1.29, 1.82) is 0 Å². The minimum atomic E-state index is -0.640. The van der Waals surface area contributed by atoms with Crippen LogP contribution in [0.25, 0.3) is 6.08 Å². The molecule has 0 atom stereocenters. The quantitative estimate of drug-likeness (QED) is 0.340. The number of carbonyl (C=O) groups is 1. The summed E-state index contributed by atoms with van der Waals surface area (Å²) in [4.78, 5) is 10.5. The van der Waals surface area contributed by atoms with Crippen LogP contribution in [0.4, 0.5) is 0 Å². The third-order valence-corrected chi connectivity index (χ3v) is 1.33. The molecule has 0 fully saturated rings. The second kappa shape index (κ2) is 6.86. The molecule has 3 nitrogen and oxygen atoms in total. The van der Waals surface area contributed by atoms with Crippen molar-refractivity contribution in [1.82, 2.24) is 5.48 Å². The van der Waals surface area contributed by atoms with Gasteiger partial charge in [0, 0.05) is 6.08 Å². The Morgan fingerprint density at radius 1 is 1.31 bits per heavy atom. The number of nitrogens with one attached hydrogen (secondary N) is 1. The Labute approximate surface area is 98.7 Å². The summed E-state index contributed by atoms with van der Waals surface area (Å²) in [6.45, 7) is 0. The van der Waals surface area contributed by atoms with Gasteiger partial charge >= 0.3 is 29.6 Å². The first-order valence-corrected chi connectivity index (χ1v) is 3.48. The number of rotatable bonds is 2. The van der Waals surface area contributed by atoms with E-state index in [9.17, 15) is 10.0 Å². The fourth-order valence-electron chi connectivity index (χ4n) is 0.770. The molecule has 1 N–H and O–H groups in total. The van der Waals surface area contributed by atoms with Crippen LogP contribution in [0, 0.1) is 5.21 Å². The molecule has 0 heterocycles. The zero-order chi connectivity index (χ0) is 8.81. The molecule has 1 amide bonds. The summed E-state index contributed by atoms with van der Waals surface area (Å²) in [6.07, 6.45) is 2.77. The van der Waals surface area contributed by atoms with Gasteiger partial charge in [0.15, 0.2) is 0 Å². The van der Waals surface area contributed by atoms with E-state index in [1.165, 1.54) is 11.6 Å². The topological polar surface area (TPSA) is 52.2 Å². The number of benzene rings is 1. The van der Waals surface area contributed by atoms with Gasteiger partial charge in [0.05, 0.1) is 0 Å². The Morgan fingerprint density at radius 3 is 2.46 bits per heavy atom. The van der Waals surface area contributed by atoms with Crippen molar-refractivity contribution in [3.05, 3.63) is 47.2 Å². The zero-order valence-corrected chi connectivity index (χ0v) is 9.36. The molecule has 13 heavy (non-hydrogen) atoms. The smallest absolute Gasteiger partial charge is 0.759 e. The molecule has 0 saturated carbocycles. The van der Waals surface area contributed by atoms with Gasteiger partial charge in [0.25, 0.3) is 0 Å². The van der Waals surface area contributed by atoms with Crippen LogP contribution in [0.5, 0.6) is 0 Å². The first kappa shape index (κ1) is 12.4. The van der Waals surface area contributed by atoms with Crippen LogP contribution in [0.1, 0.15) is 5.56 Å². The standard InChI is InChI=1S/C9H8NO2.Na/c11-9(10-12)7-6-8-4-2-1-3-5-8;/h1-7H,(H-,10,11,12);/q-1;+1/b7-6+;. The second-order valence-electron chi connectivity index (χ2n) is 2.21. The van der Waals surface area contributed by atoms with Gasteiger partial charge in [-0.2, -0.15) is 0 Å². The molecule has 0 aliphatic rings. The predicted octanol–water partition coefficient (Wildman–Crippen LogP) is -1.68. The van der Waals surface area contributed by atoms with Gasteiger partial charge in [-0.1, -0.05) is 30.3 Å². The van der Waals surface area contributed by atoms with Crippen molar-refractivity contribution in [3.63, 3.8) is 0 Å². The van der Waals surface area contributed by atoms with E-state index in [0.717, 1.165) is 5.56 Å². The number of hydroxylamine groups is 1. The van der Waals surface area contributed by atoms with Crippen molar-refractivity contribution in [2.24, 2.45) is 0 Å². The predicted molar refractivity (Wildman–Crippen MR) is 47.0 cm³/mol. The normalized spacial score (nSPS) is 9.31. The van der Waals surface area contributed by atoms with Gasteiger partial charge in [-0.15, -0.1) is 0 Å². The van der Waals surface area contributed by atoms with Gasteiger partial charge in [0.2, 0.25) is 5.91 Å². The largest absolute Gasteiger partial charge is 1.00 e. The summed E-state index contributed by atoms with van der Waals surface area (Å²) < 4.78 is 0. The summed E-state index contributed by atoms with van der Waals surface area (Å²) in [5.41, 5.74) is 2.15. The van der Waals surface area contributed by atoms with Crippen molar-refractivity contribution < 1.29 is 34.4 Å². The molecule has 0 aliphatic heterocycles. The summed E-state index contributed by atoms with van der Waals surface area (Å²) in [6, 6.07) is 9.28. The number of carbonyl (C=O) groups excluding carboxylic acids is 1. The van der Waals surface area contributed by atoms with E-state index < -0.39 is 5.91 Å². The molecule has 0 aliphatic carbocycles. The molecule has 0 radical (unpaired) electrons. The third kappa shape index (κ3) is 4.85. The molecule has 0 aromatic heterocycles. The molecule has 1 rings (SSSR count). The Balaban J connectivity index is 0.00000144. The van der Waals surface area contributed by atoms with E-state index in [4.69, 9.17) is 0 Å². The van der Waals surface area contributed by atoms with Gasteiger partial charge in [-0.25, -0.2) is 0 Å². The average Bonchev–Trinajstić information content (AvgIpc) is 2.16.